The Balaban J connectivity index is 1.99. The van der Waals surface area contributed by atoms with Crippen LogP contribution >= 0.6 is 0 Å². The molecule has 1 aromatic carbocycles. The normalized spacial score (nSPS) is 17.3. The van der Waals surface area contributed by atoms with Crippen LogP contribution in [0.3, 0.4) is 0 Å². The predicted octanol–water partition coefficient (Wildman–Crippen LogP) is 2.44. The molecule has 1 saturated heterocycles. The minimum absolute atomic E-state index is 0.0594. The minimum Gasteiger partial charge on any atom is -0.508 e. The fourth-order valence-corrected chi connectivity index (χ4v) is 3.49. The molecule has 0 aliphatic carbocycles. The molecule has 0 unspecified atom stereocenters. The van der Waals surface area contributed by atoms with Crippen LogP contribution in [0.1, 0.15) is 24.5 Å². The van der Waals surface area contributed by atoms with Gasteiger partial charge in [-0.25, -0.2) is 0 Å². The first-order valence-corrected chi connectivity index (χ1v) is 7.04. The molecule has 0 atom stereocenters. The molecule has 0 amide bonds. The quantitative estimate of drug-likeness (QED) is 0.835. The summed E-state index contributed by atoms with van der Waals surface area (Å²) in [5.74, 6) is 0.701. The lowest BCUT2D eigenvalue weighted by Crippen LogP contribution is -2.40. The van der Waals surface area contributed by atoms with Gasteiger partial charge in [0.1, 0.15) is 5.75 Å². The van der Waals surface area contributed by atoms with E-state index in [9.17, 15) is 9.90 Å². The number of rotatable bonds is 1. The van der Waals surface area contributed by atoms with Crippen LogP contribution in [0.25, 0.3) is 11.1 Å². The van der Waals surface area contributed by atoms with E-state index in [1.54, 1.807) is 18.2 Å². The third-order valence-corrected chi connectivity index (χ3v) is 4.42. The van der Waals surface area contributed by atoms with Gasteiger partial charge in [-0.15, -0.1) is 0 Å². The van der Waals surface area contributed by atoms with Crippen LogP contribution in [0.2, 0.25) is 0 Å². The van der Waals surface area contributed by atoms with Crippen LogP contribution in [0.15, 0.2) is 35.1 Å². The Kier molecular flexibility index (Phi) is 2.39. The van der Waals surface area contributed by atoms with Crippen molar-refractivity contribution in [1.82, 2.24) is 4.98 Å². The molecule has 1 fully saturated rings. The number of anilines is 1. The van der Waals surface area contributed by atoms with Gasteiger partial charge in [0.2, 0.25) is 5.56 Å². The second-order valence-electron chi connectivity index (χ2n) is 5.62. The molecule has 4 heteroatoms. The summed E-state index contributed by atoms with van der Waals surface area (Å²) in [5, 5.41) is 9.68. The molecule has 1 aromatic heterocycles. The zero-order valence-electron chi connectivity index (χ0n) is 11.1. The lowest BCUT2D eigenvalue weighted by atomic mass is 9.84. The number of phenolic OH excluding ortho intramolecular Hbond substituents is 1. The van der Waals surface area contributed by atoms with Gasteiger partial charge in [-0.2, -0.15) is 0 Å². The van der Waals surface area contributed by atoms with E-state index in [0.717, 1.165) is 48.4 Å². The van der Waals surface area contributed by atoms with E-state index >= 15 is 0 Å². The second kappa shape index (κ2) is 4.13. The van der Waals surface area contributed by atoms with Crippen molar-refractivity contribution < 1.29 is 5.11 Å². The molecule has 0 saturated carbocycles. The number of nitrogens with zero attached hydrogens (tertiary/aromatic N) is 1. The number of aromatic hydroxyl groups is 1. The molecule has 0 spiro atoms. The smallest absolute Gasteiger partial charge is 0.248 e. The summed E-state index contributed by atoms with van der Waals surface area (Å²) in [5.41, 5.74) is 4.01. The van der Waals surface area contributed by atoms with Gasteiger partial charge in [-0.05, 0) is 30.5 Å². The molecule has 0 radical (unpaired) electrons. The van der Waals surface area contributed by atoms with Gasteiger partial charge in [0.15, 0.2) is 0 Å². The number of aromatic nitrogens is 1. The first kappa shape index (κ1) is 11.6. The van der Waals surface area contributed by atoms with E-state index in [1.807, 2.05) is 12.1 Å². The topological polar surface area (TPSA) is 56.3 Å². The molecule has 5 rings (SSSR count). The molecule has 4 heterocycles. The molecule has 2 N–H and O–H groups in total. The van der Waals surface area contributed by atoms with Crippen molar-refractivity contribution in [2.24, 2.45) is 0 Å². The van der Waals surface area contributed by atoms with Crippen molar-refractivity contribution >= 4 is 5.69 Å². The number of piperidine rings is 1. The van der Waals surface area contributed by atoms with Crippen molar-refractivity contribution in [2.45, 2.75) is 18.8 Å². The van der Waals surface area contributed by atoms with E-state index in [2.05, 4.69) is 9.88 Å². The van der Waals surface area contributed by atoms with Crippen molar-refractivity contribution in [2.75, 3.05) is 18.0 Å². The van der Waals surface area contributed by atoms with E-state index < -0.39 is 0 Å². The molecule has 4 nitrogen and oxygen atoms in total. The molecule has 3 aliphatic rings. The number of H-pyrrole nitrogens is 1. The summed E-state index contributed by atoms with van der Waals surface area (Å²) >= 11 is 0. The van der Waals surface area contributed by atoms with Gasteiger partial charge in [0.25, 0.3) is 0 Å². The zero-order valence-corrected chi connectivity index (χ0v) is 11.1. The lowest BCUT2D eigenvalue weighted by Gasteiger charge is -2.42. The number of phenols is 1. The highest BCUT2D eigenvalue weighted by Gasteiger charge is 2.33. The Labute approximate surface area is 116 Å². The van der Waals surface area contributed by atoms with E-state index in [-0.39, 0.29) is 11.3 Å². The third-order valence-electron chi connectivity index (χ3n) is 4.42. The van der Waals surface area contributed by atoms with Crippen LogP contribution in [-0.4, -0.2) is 23.2 Å². The van der Waals surface area contributed by atoms with Crippen LogP contribution < -0.4 is 10.5 Å². The van der Waals surface area contributed by atoms with Crippen molar-refractivity contribution in [3.63, 3.8) is 0 Å². The molecule has 20 heavy (non-hydrogen) atoms. The second-order valence-corrected chi connectivity index (χ2v) is 5.62. The van der Waals surface area contributed by atoms with Gasteiger partial charge in [-0.1, -0.05) is 12.1 Å². The first-order valence-electron chi connectivity index (χ1n) is 7.04. The fraction of sp³-hybridized carbons (Fsp3) is 0.312. The van der Waals surface area contributed by atoms with E-state index in [4.69, 9.17) is 0 Å². The van der Waals surface area contributed by atoms with Crippen molar-refractivity contribution in [3.05, 3.63) is 46.4 Å². The van der Waals surface area contributed by atoms with Crippen LogP contribution in [0.4, 0.5) is 5.69 Å². The summed E-state index contributed by atoms with van der Waals surface area (Å²) in [6, 6.07) is 8.77. The van der Waals surface area contributed by atoms with Gasteiger partial charge >= 0.3 is 0 Å². The summed E-state index contributed by atoms with van der Waals surface area (Å²) < 4.78 is 0. The minimum atomic E-state index is -0.0594. The molecule has 3 aliphatic heterocycles. The number of nitrogens with one attached hydrogen (secondary N) is 1. The zero-order chi connectivity index (χ0) is 13.7. The molecule has 2 bridgehead atoms. The Morgan fingerprint density at radius 3 is 2.75 bits per heavy atom. The van der Waals surface area contributed by atoms with Crippen molar-refractivity contribution in [3.8, 4) is 16.9 Å². The summed E-state index contributed by atoms with van der Waals surface area (Å²) in [6.07, 6.45) is 2.23. The highest BCUT2D eigenvalue weighted by molar-refractivity contribution is 5.82. The average molecular weight is 268 g/mol. The highest BCUT2D eigenvalue weighted by Crippen LogP contribution is 2.45. The maximum Gasteiger partial charge on any atom is 0.248 e. The van der Waals surface area contributed by atoms with Gasteiger partial charge in [0.05, 0.1) is 5.69 Å². The third kappa shape index (κ3) is 1.64. The van der Waals surface area contributed by atoms with Gasteiger partial charge in [-0.3, -0.25) is 4.79 Å². The van der Waals surface area contributed by atoms with Crippen LogP contribution in [0.5, 0.6) is 5.75 Å². The molecule has 102 valence electrons. The largest absolute Gasteiger partial charge is 0.508 e. The first-order chi connectivity index (χ1) is 9.72. The summed E-state index contributed by atoms with van der Waals surface area (Å²) in [7, 11) is 0. The number of hydrogen-bond donors (Lipinski definition) is 2. The number of hydrogen-bond acceptors (Lipinski definition) is 3. The SMILES string of the molecule is O=c1cc(-c2cccc(O)c2)c2c([nH]1)C1CCN2CC1. The number of pyridine rings is 1. The molecular formula is C16H16N2O2. The van der Waals surface area contributed by atoms with E-state index in [0.29, 0.717) is 5.92 Å². The Hall–Kier alpha value is -2.23. The molecular weight excluding hydrogens is 252 g/mol. The van der Waals surface area contributed by atoms with Gasteiger partial charge < -0.3 is 15.0 Å². The Morgan fingerprint density at radius 2 is 2.00 bits per heavy atom. The number of benzene rings is 1. The Bertz CT molecular complexity index is 727. The summed E-state index contributed by atoms with van der Waals surface area (Å²) in [6.45, 7) is 2.10. The fourth-order valence-electron chi connectivity index (χ4n) is 3.49. The molecule has 2 aromatic rings. The average Bonchev–Trinajstić information content (AvgIpc) is 2.47. The lowest BCUT2D eigenvalue weighted by molar-refractivity contribution is 0.463. The van der Waals surface area contributed by atoms with Gasteiger partial charge in [0, 0.05) is 36.3 Å². The van der Waals surface area contributed by atoms with Crippen LogP contribution in [0, 0.1) is 0 Å². The predicted molar refractivity (Wildman–Crippen MR) is 78.4 cm³/mol. The number of fused-ring (bicyclic) bond motifs is 2. The monoisotopic (exact) mass is 268 g/mol. The van der Waals surface area contributed by atoms with E-state index in [1.165, 1.54) is 0 Å². The summed E-state index contributed by atoms with van der Waals surface area (Å²) in [4.78, 5) is 17.3. The standard InChI is InChI=1S/C16H16N2O2/c19-12-3-1-2-11(8-12)13-9-14(20)17-15-10-4-6-18(7-5-10)16(13)15/h1-3,8-10,19H,4-7H2,(H,17,20). The number of aromatic amines is 1. The highest BCUT2D eigenvalue weighted by atomic mass is 16.3. The van der Waals surface area contributed by atoms with Crippen molar-refractivity contribution in [1.29, 1.82) is 0 Å². The maximum absolute atomic E-state index is 12.0. The maximum atomic E-state index is 12.0. The van der Waals surface area contributed by atoms with Crippen LogP contribution in [-0.2, 0) is 0 Å². The Morgan fingerprint density at radius 1 is 1.20 bits per heavy atom.